The van der Waals surface area contributed by atoms with Crippen LogP contribution in [0.15, 0.2) is 11.2 Å². The Kier molecular flexibility index (Phi) is 10.3. The van der Waals surface area contributed by atoms with E-state index in [2.05, 4.69) is 20.2 Å². The van der Waals surface area contributed by atoms with Gasteiger partial charge in [0, 0.05) is 50.7 Å². The molecule has 2 rings (SSSR count). The van der Waals surface area contributed by atoms with Crippen molar-refractivity contribution in [2.24, 2.45) is 10.9 Å². The van der Waals surface area contributed by atoms with Crippen LogP contribution in [0.25, 0.3) is 0 Å². The molecule has 5 nitrogen and oxygen atoms in total. The second-order valence-corrected chi connectivity index (χ2v) is 7.95. The van der Waals surface area contributed by atoms with Crippen LogP contribution < -0.4 is 5.32 Å². The third-order valence-electron chi connectivity index (χ3n) is 4.45. The number of halogens is 4. The van der Waals surface area contributed by atoms with Crippen molar-refractivity contribution in [1.29, 1.82) is 0 Å². The fraction of sp³-hybridized carbons (Fsp3) is 0.765. The third kappa shape index (κ3) is 8.51. The molecule has 0 spiro atoms. The fourth-order valence-electron chi connectivity index (χ4n) is 3.23. The molecule has 10 heteroatoms. The fourth-order valence-corrected chi connectivity index (χ4v) is 4.02. The number of nitrogens with zero attached hydrogens (tertiary/aromatic N) is 4. The van der Waals surface area contributed by atoms with Crippen molar-refractivity contribution >= 4 is 41.3 Å². The number of alkyl halides is 3. The van der Waals surface area contributed by atoms with E-state index < -0.39 is 12.7 Å². The highest BCUT2D eigenvalue weighted by atomic mass is 127. The molecule has 1 saturated heterocycles. The number of hydrogen-bond donors (Lipinski definition) is 1. The molecule has 0 amide bonds. The molecule has 0 aliphatic carbocycles. The summed E-state index contributed by atoms with van der Waals surface area (Å²) >= 11 is 1.69. The SMILES string of the molecule is CCN(CC1CCN(C(=NC)NCCc2ncc(C)s2)C1)CC(F)(F)F.I. The van der Waals surface area contributed by atoms with Crippen LogP contribution >= 0.6 is 35.3 Å². The summed E-state index contributed by atoms with van der Waals surface area (Å²) in [4.78, 5) is 13.5. The van der Waals surface area contributed by atoms with Crippen molar-refractivity contribution in [1.82, 2.24) is 20.1 Å². The smallest absolute Gasteiger partial charge is 0.356 e. The molecule has 1 atom stereocenters. The number of aliphatic imine (C=N–C) groups is 1. The number of nitrogens with one attached hydrogen (secondary N) is 1. The Balaban J connectivity index is 0.00000364. The molecule has 27 heavy (non-hydrogen) atoms. The van der Waals surface area contributed by atoms with E-state index in [1.54, 1.807) is 25.3 Å². The van der Waals surface area contributed by atoms with E-state index in [4.69, 9.17) is 0 Å². The predicted molar refractivity (Wildman–Crippen MR) is 115 cm³/mol. The minimum absolute atomic E-state index is 0. The molecular formula is C17H29F3IN5S. The molecule has 0 radical (unpaired) electrons. The standard InChI is InChI=1S/C17H28F3N5S.HI/c1-4-24(12-17(18,19)20)10-14-6-8-25(11-14)16(21-3)22-7-5-15-23-9-13(2)26-15;/h9,14H,4-8,10-12H2,1-3H3,(H,21,22);1H. The maximum Gasteiger partial charge on any atom is 0.401 e. The zero-order valence-electron chi connectivity index (χ0n) is 16.1. The van der Waals surface area contributed by atoms with Crippen molar-refractivity contribution in [2.45, 2.75) is 32.9 Å². The number of rotatable bonds is 7. The molecule has 1 unspecified atom stereocenters. The Morgan fingerprint density at radius 3 is 2.78 bits per heavy atom. The maximum absolute atomic E-state index is 12.6. The van der Waals surface area contributed by atoms with Gasteiger partial charge in [-0.05, 0) is 25.8 Å². The van der Waals surface area contributed by atoms with Crippen LogP contribution in [0.1, 0.15) is 23.2 Å². The van der Waals surface area contributed by atoms with Crippen molar-refractivity contribution in [3.63, 3.8) is 0 Å². The predicted octanol–water partition coefficient (Wildman–Crippen LogP) is 3.39. The van der Waals surface area contributed by atoms with Gasteiger partial charge in [-0.1, -0.05) is 6.92 Å². The van der Waals surface area contributed by atoms with Crippen molar-refractivity contribution in [2.75, 3.05) is 46.3 Å². The Hall–Kier alpha value is -0.620. The number of hydrogen-bond acceptors (Lipinski definition) is 4. The van der Waals surface area contributed by atoms with E-state index in [1.165, 1.54) is 9.78 Å². The van der Waals surface area contributed by atoms with Crippen molar-refractivity contribution in [3.05, 3.63) is 16.1 Å². The van der Waals surface area contributed by atoms with E-state index >= 15 is 0 Å². The molecule has 2 heterocycles. The Bertz CT molecular complexity index is 593. The lowest BCUT2D eigenvalue weighted by atomic mass is 10.1. The summed E-state index contributed by atoms with van der Waals surface area (Å²) in [5.74, 6) is 1.05. The zero-order chi connectivity index (χ0) is 19.2. The van der Waals surface area contributed by atoms with Gasteiger partial charge in [0.25, 0.3) is 0 Å². The van der Waals surface area contributed by atoms with Crippen LogP contribution in [0.2, 0.25) is 0 Å². The molecule has 156 valence electrons. The van der Waals surface area contributed by atoms with Crippen molar-refractivity contribution in [3.8, 4) is 0 Å². The van der Waals surface area contributed by atoms with Crippen LogP contribution in [0.3, 0.4) is 0 Å². The first kappa shape index (κ1) is 24.4. The number of aromatic nitrogens is 1. The van der Waals surface area contributed by atoms with Crippen LogP contribution in [-0.2, 0) is 6.42 Å². The molecule has 1 N–H and O–H groups in total. The lowest BCUT2D eigenvalue weighted by molar-refractivity contribution is -0.146. The van der Waals surface area contributed by atoms with Gasteiger partial charge in [0.15, 0.2) is 5.96 Å². The molecule has 1 aromatic heterocycles. The average molecular weight is 519 g/mol. The Morgan fingerprint density at radius 1 is 1.48 bits per heavy atom. The molecule has 1 fully saturated rings. The summed E-state index contributed by atoms with van der Waals surface area (Å²) < 4.78 is 37.9. The van der Waals surface area contributed by atoms with E-state index in [9.17, 15) is 13.2 Å². The lowest BCUT2D eigenvalue weighted by Crippen LogP contribution is -2.42. The van der Waals surface area contributed by atoms with Crippen LogP contribution in [0.4, 0.5) is 13.2 Å². The van der Waals surface area contributed by atoms with Crippen LogP contribution in [0.5, 0.6) is 0 Å². The average Bonchev–Trinajstić information content (AvgIpc) is 3.19. The van der Waals surface area contributed by atoms with Gasteiger partial charge in [-0.25, -0.2) is 4.98 Å². The molecule has 0 saturated carbocycles. The van der Waals surface area contributed by atoms with E-state index in [0.29, 0.717) is 13.1 Å². The summed E-state index contributed by atoms with van der Waals surface area (Å²) in [6.07, 6.45) is -0.537. The van der Waals surface area contributed by atoms with E-state index in [-0.39, 0.29) is 29.9 Å². The monoisotopic (exact) mass is 519 g/mol. The molecule has 1 aromatic rings. The quantitative estimate of drug-likeness (QED) is 0.341. The van der Waals surface area contributed by atoms with Gasteiger partial charge < -0.3 is 10.2 Å². The lowest BCUT2D eigenvalue weighted by Gasteiger charge is -2.26. The van der Waals surface area contributed by atoms with E-state index in [1.807, 2.05) is 13.1 Å². The topological polar surface area (TPSA) is 43.8 Å². The summed E-state index contributed by atoms with van der Waals surface area (Å²) in [7, 11) is 1.74. The number of likely N-dealkylation sites (tertiary alicyclic amines) is 1. The minimum Gasteiger partial charge on any atom is -0.356 e. The van der Waals surface area contributed by atoms with Crippen LogP contribution in [0, 0.1) is 12.8 Å². The highest BCUT2D eigenvalue weighted by molar-refractivity contribution is 14.0. The highest BCUT2D eigenvalue weighted by Gasteiger charge is 2.32. The largest absolute Gasteiger partial charge is 0.401 e. The summed E-state index contributed by atoms with van der Waals surface area (Å²) in [5.41, 5.74) is 0. The molecule has 0 bridgehead atoms. The first-order chi connectivity index (χ1) is 12.3. The van der Waals surface area contributed by atoms with Gasteiger partial charge in [0.05, 0.1) is 11.6 Å². The zero-order valence-corrected chi connectivity index (χ0v) is 19.2. The van der Waals surface area contributed by atoms with E-state index in [0.717, 1.165) is 43.4 Å². The summed E-state index contributed by atoms with van der Waals surface area (Å²) in [6, 6.07) is 0. The Labute approximate surface area is 180 Å². The second-order valence-electron chi connectivity index (χ2n) is 6.63. The van der Waals surface area contributed by atoms with Gasteiger partial charge in [0.1, 0.15) is 0 Å². The van der Waals surface area contributed by atoms with Crippen molar-refractivity contribution < 1.29 is 13.2 Å². The minimum atomic E-state index is -4.14. The molecular weight excluding hydrogens is 490 g/mol. The molecule has 1 aliphatic rings. The Morgan fingerprint density at radius 2 is 2.22 bits per heavy atom. The highest BCUT2D eigenvalue weighted by Crippen LogP contribution is 2.21. The van der Waals surface area contributed by atoms with Gasteiger partial charge in [-0.3, -0.25) is 9.89 Å². The first-order valence-electron chi connectivity index (χ1n) is 8.96. The normalized spacial score (nSPS) is 18.1. The number of guanidine groups is 1. The second kappa shape index (κ2) is 11.4. The van der Waals surface area contributed by atoms with Gasteiger partial charge in [0.2, 0.25) is 0 Å². The van der Waals surface area contributed by atoms with Gasteiger partial charge in [-0.2, -0.15) is 13.2 Å². The maximum atomic E-state index is 12.6. The van der Waals surface area contributed by atoms with Gasteiger partial charge in [-0.15, -0.1) is 35.3 Å². The number of aryl methyl sites for hydroxylation is 1. The van der Waals surface area contributed by atoms with Crippen LogP contribution in [-0.4, -0.2) is 73.2 Å². The first-order valence-corrected chi connectivity index (χ1v) is 9.78. The molecule has 1 aliphatic heterocycles. The molecule has 0 aromatic carbocycles. The summed E-state index contributed by atoms with van der Waals surface area (Å²) in [5, 5.41) is 4.44. The summed E-state index contributed by atoms with van der Waals surface area (Å²) in [6.45, 7) is 6.18. The van der Waals surface area contributed by atoms with Gasteiger partial charge >= 0.3 is 6.18 Å². The number of thiazole rings is 1. The third-order valence-corrected chi connectivity index (χ3v) is 5.43.